The molecular formula is C12H10ClN3O. The summed E-state index contributed by atoms with van der Waals surface area (Å²) in [6.07, 6.45) is 3.30. The minimum Gasteiger partial charge on any atom is -0.360 e. The molecule has 2 N–H and O–H groups in total. The van der Waals surface area contributed by atoms with Crippen molar-refractivity contribution in [2.24, 2.45) is 5.10 Å². The Hall–Kier alpha value is -2.07. The topological polar surface area (TPSA) is 57.2 Å². The van der Waals surface area contributed by atoms with E-state index in [9.17, 15) is 4.79 Å². The van der Waals surface area contributed by atoms with Gasteiger partial charge in [-0.1, -0.05) is 23.7 Å². The number of amides is 1. The van der Waals surface area contributed by atoms with Crippen LogP contribution >= 0.6 is 11.6 Å². The number of hydrogen-bond donors (Lipinski definition) is 2. The second-order valence-corrected chi connectivity index (χ2v) is 3.71. The van der Waals surface area contributed by atoms with Gasteiger partial charge >= 0.3 is 0 Å². The van der Waals surface area contributed by atoms with Gasteiger partial charge in [0.25, 0.3) is 5.91 Å². The molecule has 2 rings (SSSR count). The van der Waals surface area contributed by atoms with Crippen molar-refractivity contribution in [1.82, 2.24) is 10.4 Å². The zero-order valence-corrected chi connectivity index (χ0v) is 9.61. The summed E-state index contributed by atoms with van der Waals surface area (Å²) in [4.78, 5) is 14.6. The number of carbonyl (C=O) groups excluding carboxylic acids is 1. The van der Waals surface area contributed by atoms with E-state index in [0.717, 1.165) is 5.69 Å². The van der Waals surface area contributed by atoms with Gasteiger partial charge in [-0.2, -0.15) is 5.10 Å². The Bertz CT molecular complexity index is 534. The molecule has 4 nitrogen and oxygen atoms in total. The van der Waals surface area contributed by atoms with E-state index in [1.807, 2.05) is 12.1 Å². The third kappa shape index (κ3) is 2.95. The first-order valence-electron chi connectivity index (χ1n) is 4.98. The van der Waals surface area contributed by atoms with E-state index in [-0.39, 0.29) is 5.91 Å². The number of aromatic nitrogens is 1. The average Bonchev–Trinajstić information content (AvgIpc) is 2.82. The Morgan fingerprint density at radius 3 is 2.82 bits per heavy atom. The summed E-state index contributed by atoms with van der Waals surface area (Å²) in [5.41, 5.74) is 3.61. The van der Waals surface area contributed by atoms with E-state index < -0.39 is 0 Å². The first-order valence-corrected chi connectivity index (χ1v) is 5.36. The minimum absolute atomic E-state index is 0.335. The van der Waals surface area contributed by atoms with E-state index in [1.165, 1.54) is 6.21 Å². The maximum absolute atomic E-state index is 11.7. The van der Waals surface area contributed by atoms with Crippen LogP contribution in [0.3, 0.4) is 0 Å². The van der Waals surface area contributed by atoms with E-state index >= 15 is 0 Å². The second kappa shape index (κ2) is 5.32. The molecule has 0 bridgehead atoms. The van der Waals surface area contributed by atoms with Gasteiger partial charge in [0.05, 0.1) is 22.5 Å². The second-order valence-electron chi connectivity index (χ2n) is 3.30. The smallest absolute Gasteiger partial charge is 0.272 e. The quantitative estimate of drug-likeness (QED) is 0.635. The van der Waals surface area contributed by atoms with Gasteiger partial charge in [-0.05, 0) is 24.3 Å². The van der Waals surface area contributed by atoms with Gasteiger partial charge in [-0.15, -0.1) is 0 Å². The number of hydrazone groups is 1. The number of aromatic amines is 1. The molecule has 86 valence electrons. The zero-order chi connectivity index (χ0) is 12.1. The van der Waals surface area contributed by atoms with Crippen LogP contribution in [0.2, 0.25) is 5.02 Å². The Kier molecular flexibility index (Phi) is 3.57. The van der Waals surface area contributed by atoms with Crippen LogP contribution in [-0.2, 0) is 0 Å². The van der Waals surface area contributed by atoms with Crippen LogP contribution in [0.4, 0.5) is 0 Å². The van der Waals surface area contributed by atoms with E-state index in [0.29, 0.717) is 10.6 Å². The van der Waals surface area contributed by atoms with E-state index in [4.69, 9.17) is 11.6 Å². The summed E-state index contributed by atoms with van der Waals surface area (Å²) < 4.78 is 0. The van der Waals surface area contributed by atoms with Gasteiger partial charge in [0, 0.05) is 6.20 Å². The molecule has 0 saturated heterocycles. The lowest BCUT2D eigenvalue weighted by atomic mass is 10.2. The third-order valence-corrected chi connectivity index (χ3v) is 2.44. The van der Waals surface area contributed by atoms with Crippen molar-refractivity contribution >= 4 is 23.7 Å². The molecule has 1 amide bonds. The Morgan fingerprint density at radius 2 is 2.12 bits per heavy atom. The summed E-state index contributed by atoms with van der Waals surface area (Å²) in [5, 5.41) is 4.22. The fourth-order valence-corrected chi connectivity index (χ4v) is 1.51. The van der Waals surface area contributed by atoms with Crippen molar-refractivity contribution in [3.63, 3.8) is 0 Å². The molecule has 0 aliphatic rings. The number of benzene rings is 1. The van der Waals surface area contributed by atoms with Crippen LogP contribution in [0, 0.1) is 0 Å². The Balaban J connectivity index is 2.01. The fourth-order valence-electron chi connectivity index (χ4n) is 1.29. The first-order chi connectivity index (χ1) is 8.27. The van der Waals surface area contributed by atoms with E-state index in [1.54, 1.807) is 30.5 Å². The predicted octanol–water partition coefficient (Wildman–Crippen LogP) is 2.43. The van der Waals surface area contributed by atoms with Gasteiger partial charge < -0.3 is 4.98 Å². The SMILES string of the molecule is O=C(N/N=C/c1ccc[nH]1)c1ccccc1Cl. The maximum atomic E-state index is 11.7. The van der Waals surface area contributed by atoms with Crippen molar-refractivity contribution in [1.29, 1.82) is 0 Å². The highest BCUT2D eigenvalue weighted by Crippen LogP contribution is 2.14. The molecule has 1 aromatic carbocycles. The molecular weight excluding hydrogens is 238 g/mol. The van der Waals surface area contributed by atoms with Crippen LogP contribution in [0.15, 0.2) is 47.7 Å². The molecule has 0 aliphatic carbocycles. The van der Waals surface area contributed by atoms with Crippen LogP contribution in [0.1, 0.15) is 16.1 Å². The standard InChI is InChI=1S/C12H10ClN3O/c13-11-6-2-1-5-10(11)12(17)16-15-8-9-4-3-7-14-9/h1-8,14H,(H,16,17)/b15-8+. The van der Waals surface area contributed by atoms with Gasteiger partial charge in [-0.25, -0.2) is 5.43 Å². The molecule has 0 aliphatic heterocycles. The average molecular weight is 248 g/mol. The highest BCUT2D eigenvalue weighted by Gasteiger charge is 2.07. The molecule has 0 unspecified atom stereocenters. The molecule has 1 aromatic heterocycles. The lowest BCUT2D eigenvalue weighted by Crippen LogP contribution is -2.17. The number of rotatable bonds is 3. The summed E-state index contributed by atoms with van der Waals surface area (Å²) in [5.74, 6) is -0.335. The molecule has 0 spiro atoms. The molecule has 0 atom stereocenters. The van der Waals surface area contributed by atoms with Crippen molar-refractivity contribution in [2.45, 2.75) is 0 Å². The van der Waals surface area contributed by atoms with Crippen molar-refractivity contribution < 1.29 is 4.79 Å². The number of halogens is 1. The monoisotopic (exact) mass is 247 g/mol. The summed E-state index contributed by atoms with van der Waals surface area (Å²) >= 11 is 5.88. The van der Waals surface area contributed by atoms with Crippen LogP contribution in [0.5, 0.6) is 0 Å². The van der Waals surface area contributed by atoms with Crippen molar-refractivity contribution in [3.05, 3.63) is 58.9 Å². The fraction of sp³-hybridized carbons (Fsp3) is 0. The number of H-pyrrole nitrogens is 1. The third-order valence-electron chi connectivity index (χ3n) is 2.11. The summed E-state index contributed by atoms with van der Waals surface area (Å²) in [6.45, 7) is 0. The van der Waals surface area contributed by atoms with Crippen LogP contribution < -0.4 is 5.43 Å². The normalized spacial score (nSPS) is 10.6. The Labute approximate surface area is 103 Å². The summed E-state index contributed by atoms with van der Waals surface area (Å²) in [6, 6.07) is 10.5. The van der Waals surface area contributed by atoms with Crippen molar-refractivity contribution in [2.75, 3.05) is 0 Å². The largest absolute Gasteiger partial charge is 0.360 e. The Morgan fingerprint density at radius 1 is 1.29 bits per heavy atom. The summed E-state index contributed by atoms with van der Waals surface area (Å²) in [7, 11) is 0. The molecule has 17 heavy (non-hydrogen) atoms. The molecule has 5 heteroatoms. The van der Waals surface area contributed by atoms with Crippen LogP contribution in [0.25, 0.3) is 0 Å². The number of carbonyl (C=O) groups is 1. The van der Waals surface area contributed by atoms with Crippen molar-refractivity contribution in [3.8, 4) is 0 Å². The molecule has 2 aromatic rings. The van der Waals surface area contributed by atoms with Crippen LogP contribution in [-0.4, -0.2) is 17.1 Å². The van der Waals surface area contributed by atoms with E-state index in [2.05, 4.69) is 15.5 Å². The molecule has 1 heterocycles. The van der Waals surface area contributed by atoms with Gasteiger partial charge in [0.2, 0.25) is 0 Å². The number of nitrogens with zero attached hydrogens (tertiary/aromatic N) is 1. The maximum Gasteiger partial charge on any atom is 0.272 e. The lowest BCUT2D eigenvalue weighted by Gasteiger charge is -2.01. The molecule has 0 fully saturated rings. The highest BCUT2D eigenvalue weighted by atomic mass is 35.5. The lowest BCUT2D eigenvalue weighted by molar-refractivity contribution is 0.0955. The number of hydrogen-bond acceptors (Lipinski definition) is 2. The predicted molar refractivity (Wildman–Crippen MR) is 67.3 cm³/mol. The first kappa shape index (κ1) is 11.4. The van der Waals surface area contributed by atoms with Gasteiger partial charge in [-0.3, -0.25) is 4.79 Å². The number of nitrogens with one attached hydrogen (secondary N) is 2. The minimum atomic E-state index is -0.335. The molecule has 0 saturated carbocycles. The van der Waals surface area contributed by atoms with Gasteiger partial charge in [0.1, 0.15) is 0 Å². The highest BCUT2D eigenvalue weighted by molar-refractivity contribution is 6.33. The molecule has 0 radical (unpaired) electrons. The zero-order valence-electron chi connectivity index (χ0n) is 8.85. The van der Waals surface area contributed by atoms with Gasteiger partial charge in [0.15, 0.2) is 0 Å².